The SMILES string of the molecule is C=O.CC1CCCN1C. The van der Waals surface area contributed by atoms with Gasteiger partial charge in [-0.2, -0.15) is 0 Å². The average Bonchev–Trinajstić information content (AvgIpc) is 2.23. The molecule has 1 heterocycles. The van der Waals surface area contributed by atoms with Gasteiger partial charge in [-0.3, -0.25) is 0 Å². The van der Waals surface area contributed by atoms with Crippen LogP contribution in [0.2, 0.25) is 0 Å². The Morgan fingerprint density at radius 2 is 2.11 bits per heavy atom. The highest BCUT2D eigenvalue weighted by Crippen LogP contribution is 2.12. The first-order chi connectivity index (χ1) is 4.30. The number of likely N-dealkylation sites (tertiary alicyclic amines) is 1. The molecule has 1 fully saturated rings. The summed E-state index contributed by atoms with van der Waals surface area (Å²) < 4.78 is 0. The molecular weight excluding hydrogens is 114 g/mol. The predicted molar refractivity (Wildman–Crippen MR) is 38.4 cm³/mol. The Morgan fingerprint density at radius 1 is 1.56 bits per heavy atom. The van der Waals surface area contributed by atoms with Gasteiger partial charge in [-0.1, -0.05) is 0 Å². The van der Waals surface area contributed by atoms with E-state index < -0.39 is 0 Å². The van der Waals surface area contributed by atoms with Crippen molar-refractivity contribution < 1.29 is 4.79 Å². The van der Waals surface area contributed by atoms with Crippen molar-refractivity contribution >= 4 is 6.79 Å². The van der Waals surface area contributed by atoms with E-state index in [0.717, 1.165) is 6.04 Å². The van der Waals surface area contributed by atoms with Crippen LogP contribution in [-0.4, -0.2) is 31.3 Å². The van der Waals surface area contributed by atoms with Gasteiger partial charge in [0.2, 0.25) is 0 Å². The molecule has 0 radical (unpaired) electrons. The van der Waals surface area contributed by atoms with Gasteiger partial charge < -0.3 is 9.69 Å². The molecule has 2 nitrogen and oxygen atoms in total. The van der Waals surface area contributed by atoms with E-state index in [1.165, 1.54) is 19.4 Å². The van der Waals surface area contributed by atoms with Crippen molar-refractivity contribution in [3.05, 3.63) is 0 Å². The molecule has 0 bridgehead atoms. The lowest BCUT2D eigenvalue weighted by atomic mass is 10.3. The van der Waals surface area contributed by atoms with E-state index in [4.69, 9.17) is 4.79 Å². The second-order valence-corrected chi connectivity index (χ2v) is 2.47. The molecule has 1 atom stereocenters. The van der Waals surface area contributed by atoms with Crippen molar-refractivity contribution in [3.8, 4) is 0 Å². The quantitative estimate of drug-likeness (QED) is 0.484. The Labute approximate surface area is 56.9 Å². The minimum Gasteiger partial charge on any atom is -0.307 e. The fraction of sp³-hybridized carbons (Fsp3) is 0.857. The molecule has 2 heteroatoms. The van der Waals surface area contributed by atoms with Crippen LogP contribution in [0, 0.1) is 0 Å². The molecule has 1 rings (SSSR count). The largest absolute Gasteiger partial charge is 0.307 e. The van der Waals surface area contributed by atoms with Crippen molar-refractivity contribution in [1.29, 1.82) is 0 Å². The molecular formula is C7H15NO. The molecule has 0 aromatic carbocycles. The van der Waals surface area contributed by atoms with Gasteiger partial charge >= 0.3 is 0 Å². The lowest BCUT2D eigenvalue weighted by Crippen LogP contribution is -2.20. The van der Waals surface area contributed by atoms with Gasteiger partial charge in [-0.05, 0) is 33.4 Å². The van der Waals surface area contributed by atoms with Crippen LogP contribution >= 0.6 is 0 Å². The van der Waals surface area contributed by atoms with Crippen LogP contribution in [0.4, 0.5) is 0 Å². The molecule has 54 valence electrons. The van der Waals surface area contributed by atoms with E-state index in [9.17, 15) is 0 Å². The topological polar surface area (TPSA) is 20.3 Å². The Hall–Kier alpha value is -0.370. The summed E-state index contributed by atoms with van der Waals surface area (Å²) in [6.45, 7) is 5.59. The van der Waals surface area contributed by atoms with E-state index in [1.807, 2.05) is 6.79 Å². The molecule has 1 aliphatic rings. The summed E-state index contributed by atoms with van der Waals surface area (Å²) in [7, 11) is 2.19. The van der Waals surface area contributed by atoms with E-state index in [0.29, 0.717) is 0 Å². The number of rotatable bonds is 0. The Bertz CT molecular complexity index is 67.3. The zero-order valence-corrected chi connectivity index (χ0v) is 6.26. The van der Waals surface area contributed by atoms with Crippen LogP contribution < -0.4 is 0 Å². The van der Waals surface area contributed by atoms with Crippen molar-refractivity contribution in [1.82, 2.24) is 4.90 Å². The smallest absolute Gasteiger partial charge is 0.106 e. The molecule has 1 saturated heterocycles. The van der Waals surface area contributed by atoms with Gasteiger partial charge in [0.25, 0.3) is 0 Å². The molecule has 9 heavy (non-hydrogen) atoms. The van der Waals surface area contributed by atoms with Crippen LogP contribution in [0.1, 0.15) is 19.8 Å². The molecule has 0 aromatic rings. The molecule has 0 N–H and O–H groups in total. The molecule has 0 saturated carbocycles. The number of carbonyl (C=O) groups is 1. The van der Waals surface area contributed by atoms with Gasteiger partial charge in [0.1, 0.15) is 6.79 Å². The van der Waals surface area contributed by atoms with Crippen LogP contribution in [0.3, 0.4) is 0 Å². The third kappa shape index (κ3) is 2.61. The first-order valence-electron chi connectivity index (χ1n) is 3.30. The fourth-order valence-corrected chi connectivity index (χ4v) is 1.08. The van der Waals surface area contributed by atoms with Crippen LogP contribution in [0.15, 0.2) is 0 Å². The summed E-state index contributed by atoms with van der Waals surface area (Å²) in [6, 6.07) is 0.847. The maximum Gasteiger partial charge on any atom is 0.106 e. The molecule has 1 unspecified atom stereocenters. The standard InChI is InChI=1S/C6H13N.CH2O/c1-6-4-3-5-7(6)2;1-2/h6H,3-5H2,1-2H3;1H2. The molecule has 1 aliphatic heterocycles. The van der Waals surface area contributed by atoms with Crippen LogP contribution in [0.5, 0.6) is 0 Å². The number of hydrogen-bond acceptors (Lipinski definition) is 2. The Balaban J connectivity index is 0.000000291. The number of carbonyl (C=O) groups excluding carboxylic acids is 1. The van der Waals surface area contributed by atoms with E-state index in [-0.39, 0.29) is 0 Å². The summed E-state index contributed by atoms with van der Waals surface area (Å²) in [6.07, 6.45) is 2.80. The summed E-state index contributed by atoms with van der Waals surface area (Å²) >= 11 is 0. The van der Waals surface area contributed by atoms with E-state index >= 15 is 0 Å². The highest BCUT2D eigenvalue weighted by molar-refractivity contribution is 5.10. The maximum absolute atomic E-state index is 8.00. The number of hydrogen-bond donors (Lipinski definition) is 0. The Morgan fingerprint density at radius 3 is 2.22 bits per heavy atom. The summed E-state index contributed by atoms with van der Waals surface area (Å²) in [5.74, 6) is 0. The maximum atomic E-state index is 8.00. The lowest BCUT2D eigenvalue weighted by Gasteiger charge is -2.12. The van der Waals surface area contributed by atoms with E-state index in [2.05, 4.69) is 18.9 Å². The second-order valence-electron chi connectivity index (χ2n) is 2.47. The third-order valence-electron chi connectivity index (χ3n) is 1.89. The summed E-state index contributed by atoms with van der Waals surface area (Å²) in [5, 5.41) is 0. The van der Waals surface area contributed by atoms with Crippen molar-refractivity contribution in [2.75, 3.05) is 13.6 Å². The molecule has 0 amide bonds. The molecule has 0 spiro atoms. The third-order valence-corrected chi connectivity index (χ3v) is 1.89. The van der Waals surface area contributed by atoms with Gasteiger partial charge in [-0.25, -0.2) is 0 Å². The van der Waals surface area contributed by atoms with Gasteiger partial charge in [0.15, 0.2) is 0 Å². The van der Waals surface area contributed by atoms with Crippen LogP contribution in [0.25, 0.3) is 0 Å². The van der Waals surface area contributed by atoms with E-state index in [1.54, 1.807) is 0 Å². The van der Waals surface area contributed by atoms with Crippen LogP contribution in [-0.2, 0) is 4.79 Å². The molecule has 0 aliphatic carbocycles. The number of nitrogens with zero attached hydrogens (tertiary/aromatic N) is 1. The average molecular weight is 129 g/mol. The first kappa shape index (κ1) is 8.63. The van der Waals surface area contributed by atoms with Crippen molar-refractivity contribution in [2.45, 2.75) is 25.8 Å². The zero-order chi connectivity index (χ0) is 7.28. The highest BCUT2D eigenvalue weighted by atomic mass is 16.1. The predicted octanol–water partition coefficient (Wildman–Crippen LogP) is 0.916. The lowest BCUT2D eigenvalue weighted by molar-refractivity contribution is -0.0979. The van der Waals surface area contributed by atoms with Gasteiger partial charge in [0.05, 0.1) is 0 Å². The Kier molecular flexibility index (Phi) is 4.32. The monoisotopic (exact) mass is 129 g/mol. The zero-order valence-electron chi connectivity index (χ0n) is 6.26. The van der Waals surface area contributed by atoms with Crippen molar-refractivity contribution in [2.24, 2.45) is 0 Å². The fourth-order valence-electron chi connectivity index (χ4n) is 1.08. The van der Waals surface area contributed by atoms with Gasteiger partial charge in [-0.15, -0.1) is 0 Å². The summed E-state index contributed by atoms with van der Waals surface area (Å²) in [4.78, 5) is 10.4. The highest BCUT2D eigenvalue weighted by Gasteiger charge is 2.14. The minimum absolute atomic E-state index is 0.847. The van der Waals surface area contributed by atoms with Crippen molar-refractivity contribution in [3.63, 3.8) is 0 Å². The molecule has 0 aromatic heterocycles. The second kappa shape index (κ2) is 4.50. The van der Waals surface area contributed by atoms with Gasteiger partial charge in [0, 0.05) is 6.04 Å². The summed E-state index contributed by atoms with van der Waals surface area (Å²) in [5.41, 5.74) is 0. The normalized spacial score (nSPS) is 27.1. The first-order valence-corrected chi connectivity index (χ1v) is 3.30. The minimum atomic E-state index is 0.847.